The number of likely N-dealkylation sites (tertiary alicyclic amines) is 1. The van der Waals surface area contributed by atoms with Crippen LogP contribution in [0.3, 0.4) is 0 Å². The predicted octanol–water partition coefficient (Wildman–Crippen LogP) is 3.65. The zero-order chi connectivity index (χ0) is 23.8. The van der Waals surface area contributed by atoms with Gasteiger partial charge in [0.15, 0.2) is 0 Å². The number of ether oxygens (including phenoxy) is 1. The number of alkyl carbamates (subject to hydrolysis) is 1. The molecule has 4 atom stereocenters. The summed E-state index contributed by atoms with van der Waals surface area (Å²) >= 11 is 0. The van der Waals surface area contributed by atoms with Gasteiger partial charge in [0.25, 0.3) is 0 Å². The van der Waals surface area contributed by atoms with Gasteiger partial charge in [-0.3, -0.25) is 9.59 Å². The van der Waals surface area contributed by atoms with E-state index < -0.39 is 18.1 Å². The van der Waals surface area contributed by atoms with E-state index in [1.165, 1.54) is 0 Å². The van der Waals surface area contributed by atoms with E-state index in [2.05, 4.69) is 36.2 Å². The molecule has 7 heteroatoms. The van der Waals surface area contributed by atoms with Gasteiger partial charge in [0.05, 0.1) is 5.92 Å². The van der Waals surface area contributed by atoms with Crippen molar-refractivity contribution >= 4 is 18.0 Å². The molecular weight excluding hydrogens is 432 g/mol. The third-order valence-corrected chi connectivity index (χ3v) is 7.43. The van der Waals surface area contributed by atoms with E-state index in [1.807, 2.05) is 24.3 Å². The quantitative estimate of drug-likeness (QED) is 0.615. The van der Waals surface area contributed by atoms with Gasteiger partial charge in [0.1, 0.15) is 12.6 Å². The molecule has 1 heterocycles. The van der Waals surface area contributed by atoms with Crippen molar-refractivity contribution in [2.24, 2.45) is 17.8 Å². The van der Waals surface area contributed by atoms with Gasteiger partial charge >= 0.3 is 12.1 Å². The number of fused-ring (bicyclic) bond motifs is 4. The number of amides is 2. The van der Waals surface area contributed by atoms with Gasteiger partial charge in [0.2, 0.25) is 5.91 Å². The molecule has 3 aliphatic rings. The molecule has 176 valence electrons. The molecule has 2 unspecified atom stereocenters. The maximum Gasteiger partial charge on any atom is 0.407 e. The van der Waals surface area contributed by atoms with Crippen molar-refractivity contribution < 1.29 is 24.2 Å². The van der Waals surface area contributed by atoms with Crippen molar-refractivity contribution in [3.05, 3.63) is 72.3 Å². The fraction of sp³-hybridized carbons (Fsp3) is 0.370. The molecule has 1 saturated carbocycles. The van der Waals surface area contributed by atoms with Crippen LogP contribution in [0.15, 0.2) is 61.2 Å². The first-order chi connectivity index (χ1) is 16.5. The van der Waals surface area contributed by atoms with Gasteiger partial charge in [-0.2, -0.15) is 0 Å². The third kappa shape index (κ3) is 3.95. The Morgan fingerprint density at radius 2 is 1.74 bits per heavy atom. The lowest BCUT2D eigenvalue weighted by molar-refractivity contribution is -0.139. The lowest BCUT2D eigenvalue weighted by Gasteiger charge is -2.30. The standard InChI is InChI=1S/C27H28N2O5/c1-2-7-23(25(30)29-13-12-20-21(14-29)24(20)26(31)32)28-27(33)34-15-22-18-10-5-3-8-16(18)17-9-4-6-11-19(17)22/h2-6,8-11,20-24H,1,7,12-15H2,(H,28,33)(H,31,32)/t20-,21+,23?,24?/m1/s1. The lowest BCUT2D eigenvalue weighted by atomic mass is 9.98. The molecule has 2 fully saturated rings. The van der Waals surface area contributed by atoms with Crippen molar-refractivity contribution in [3.63, 3.8) is 0 Å². The van der Waals surface area contributed by atoms with E-state index in [1.54, 1.807) is 11.0 Å². The SMILES string of the molecule is C=CCC(NC(=O)OCC1c2ccccc2-c2ccccc21)C(=O)N1CC[C@H]2C(C(=O)O)[C@H]2C1. The van der Waals surface area contributed by atoms with Crippen LogP contribution in [0.1, 0.15) is 29.9 Å². The third-order valence-electron chi connectivity index (χ3n) is 7.43. The largest absolute Gasteiger partial charge is 0.481 e. The summed E-state index contributed by atoms with van der Waals surface area (Å²) in [6, 6.07) is 15.4. The number of hydrogen-bond acceptors (Lipinski definition) is 4. The fourth-order valence-corrected chi connectivity index (χ4v) is 5.70. The van der Waals surface area contributed by atoms with Gasteiger partial charge in [-0.1, -0.05) is 54.6 Å². The second-order valence-corrected chi connectivity index (χ2v) is 9.31. The minimum Gasteiger partial charge on any atom is -0.481 e. The highest BCUT2D eigenvalue weighted by atomic mass is 16.5. The van der Waals surface area contributed by atoms with Crippen LogP contribution < -0.4 is 5.32 Å². The van der Waals surface area contributed by atoms with Crippen molar-refractivity contribution in [2.45, 2.75) is 24.8 Å². The molecule has 2 N–H and O–H groups in total. The summed E-state index contributed by atoms with van der Waals surface area (Å²) in [7, 11) is 0. The number of benzene rings is 2. The monoisotopic (exact) mass is 460 g/mol. The fourth-order valence-electron chi connectivity index (χ4n) is 5.70. The Balaban J connectivity index is 1.21. The van der Waals surface area contributed by atoms with Crippen LogP contribution in [-0.2, 0) is 14.3 Å². The van der Waals surface area contributed by atoms with Crippen LogP contribution >= 0.6 is 0 Å². The zero-order valence-electron chi connectivity index (χ0n) is 18.9. The molecule has 2 aromatic carbocycles. The minimum absolute atomic E-state index is 0.00837. The van der Waals surface area contributed by atoms with Crippen LogP contribution in [0.2, 0.25) is 0 Å². The predicted molar refractivity (Wildman–Crippen MR) is 126 cm³/mol. The number of carboxylic acids is 1. The number of carbonyl (C=O) groups excluding carboxylic acids is 2. The Morgan fingerprint density at radius 1 is 1.09 bits per heavy atom. The maximum atomic E-state index is 13.1. The van der Waals surface area contributed by atoms with Gasteiger partial charge in [-0.15, -0.1) is 6.58 Å². The average molecular weight is 461 g/mol. The molecule has 1 aliphatic heterocycles. The molecular formula is C27H28N2O5. The second kappa shape index (κ2) is 8.97. The highest BCUT2D eigenvalue weighted by Crippen LogP contribution is 2.51. The van der Waals surface area contributed by atoms with E-state index in [9.17, 15) is 19.5 Å². The smallest absolute Gasteiger partial charge is 0.407 e. The first-order valence-corrected chi connectivity index (χ1v) is 11.7. The minimum atomic E-state index is -0.788. The molecule has 5 rings (SSSR count). The Hall–Kier alpha value is -3.61. The molecule has 2 amide bonds. The summed E-state index contributed by atoms with van der Waals surface area (Å²) < 4.78 is 5.60. The highest BCUT2D eigenvalue weighted by molar-refractivity contribution is 5.86. The Morgan fingerprint density at radius 3 is 2.35 bits per heavy atom. The van der Waals surface area contributed by atoms with Crippen LogP contribution in [0.25, 0.3) is 11.1 Å². The number of carbonyl (C=O) groups is 3. The number of rotatable bonds is 7. The van der Waals surface area contributed by atoms with Crippen LogP contribution in [0.5, 0.6) is 0 Å². The van der Waals surface area contributed by atoms with E-state index in [4.69, 9.17) is 4.74 Å². The van der Waals surface area contributed by atoms with Crippen molar-refractivity contribution in [3.8, 4) is 11.1 Å². The number of piperidine rings is 1. The molecule has 0 radical (unpaired) electrons. The molecule has 0 bridgehead atoms. The summed E-state index contributed by atoms with van der Waals surface area (Å²) in [5, 5.41) is 12.0. The van der Waals surface area contributed by atoms with Gasteiger partial charge in [-0.25, -0.2) is 4.79 Å². The number of hydrogen-bond donors (Lipinski definition) is 2. The number of aliphatic carboxylic acids is 1. The van der Waals surface area contributed by atoms with Gasteiger partial charge in [-0.05, 0) is 46.9 Å². The Labute approximate surface area is 198 Å². The summed E-state index contributed by atoms with van der Waals surface area (Å²) in [6.07, 6.45) is 1.90. The first kappa shape index (κ1) is 22.2. The molecule has 0 aromatic heterocycles. The number of nitrogens with one attached hydrogen (secondary N) is 1. The Bertz CT molecular complexity index is 1100. The topological polar surface area (TPSA) is 95.9 Å². The lowest BCUT2D eigenvalue weighted by Crippen LogP contribution is -2.50. The van der Waals surface area contributed by atoms with Crippen molar-refractivity contribution in [1.82, 2.24) is 10.2 Å². The van der Waals surface area contributed by atoms with E-state index >= 15 is 0 Å². The average Bonchev–Trinajstić information content (AvgIpc) is 3.49. The Kier molecular flexibility index (Phi) is 5.86. The van der Waals surface area contributed by atoms with Gasteiger partial charge in [0, 0.05) is 19.0 Å². The number of nitrogens with zero attached hydrogens (tertiary/aromatic N) is 1. The maximum absolute atomic E-state index is 13.1. The summed E-state index contributed by atoms with van der Waals surface area (Å²) in [5.74, 6) is -1.26. The van der Waals surface area contributed by atoms with Crippen LogP contribution in [0, 0.1) is 17.8 Å². The second-order valence-electron chi connectivity index (χ2n) is 9.31. The van der Waals surface area contributed by atoms with Crippen molar-refractivity contribution in [2.75, 3.05) is 19.7 Å². The summed E-state index contributed by atoms with van der Waals surface area (Å²) in [6.45, 7) is 4.80. The van der Waals surface area contributed by atoms with E-state index in [0.717, 1.165) is 22.3 Å². The van der Waals surface area contributed by atoms with Gasteiger partial charge < -0.3 is 20.1 Å². The molecule has 2 aliphatic carbocycles. The number of carboxylic acid groups (broad SMARTS) is 1. The summed E-state index contributed by atoms with van der Waals surface area (Å²) in [5.41, 5.74) is 4.54. The van der Waals surface area contributed by atoms with Crippen LogP contribution in [-0.4, -0.2) is 53.7 Å². The molecule has 7 nitrogen and oxygen atoms in total. The van der Waals surface area contributed by atoms with Crippen LogP contribution in [0.4, 0.5) is 4.79 Å². The van der Waals surface area contributed by atoms with Crippen molar-refractivity contribution in [1.29, 1.82) is 0 Å². The molecule has 34 heavy (non-hydrogen) atoms. The molecule has 1 saturated heterocycles. The molecule has 2 aromatic rings. The zero-order valence-corrected chi connectivity index (χ0v) is 18.9. The normalized spacial score (nSPS) is 23.2. The first-order valence-electron chi connectivity index (χ1n) is 11.7. The van der Waals surface area contributed by atoms with E-state index in [0.29, 0.717) is 19.5 Å². The molecule has 0 spiro atoms. The highest BCUT2D eigenvalue weighted by Gasteiger charge is 2.57. The summed E-state index contributed by atoms with van der Waals surface area (Å²) in [4.78, 5) is 38.8. The van der Waals surface area contributed by atoms with E-state index in [-0.39, 0.29) is 42.6 Å².